The Morgan fingerprint density at radius 2 is 2.09 bits per heavy atom. The molecule has 3 heteroatoms. The Balaban J connectivity index is 1.22. The minimum absolute atomic E-state index is 0.100. The predicted octanol–water partition coefficient (Wildman–Crippen LogP) is 7.76. The molecule has 2 aliphatic heterocycles. The molecular formula is C31H31NOS. The highest BCUT2D eigenvalue weighted by atomic mass is 32.2. The summed E-state index contributed by atoms with van der Waals surface area (Å²) in [7, 11) is 0. The molecule has 2 aromatic carbocycles. The first-order chi connectivity index (χ1) is 16.7. The number of rotatable bonds is 4. The second-order valence-electron chi connectivity index (χ2n) is 10.5. The fraction of sp³-hybridized carbons (Fsp3) is 0.355. The van der Waals surface area contributed by atoms with Crippen LogP contribution in [0.25, 0.3) is 11.0 Å². The van der Waals surface area contributed by atoms with Gasteiger partial charge in [0.1, 0.15) is 11.3 Å². The number of hydrogen-bond donors (Lipinski definition) is 0. The van der Waals surface area contributed by atoms with E-state index in [1.807, 2.05) is 11.8 Å². The van der Waals surface area contributed by atoms with Crippen molar-refractivity contribution in [1.82, 2.24) is 4.90 Å². The maximum Gasteiger partial charge on any atom is 0.134 e. The van der Waals surface area contributed by atoms with Crippen LogP contribution in [0.5, 0.6) is 0 Å². The molecule has 2 nitrogen and oxygen atoms in total. The van der Waals surface area contributed by atoms with Gasteiger partial charge in [0, 0.05) is 34.7 Å². The molecule has 3 aromatic rings. The van der Waals surface area contributed by atoms with Crippen LogP contribution >= 0.6 is 11.8 Å². The van der Waals surface area contributed by atoms with Crippen LogP contribution in [-0.4, -0.2) is 24.0 Å². The highest BCUT2D eigenvalue weighted by Gasteiger charge is 2.60. The molecule has 7 rings (SSSR count). The van der Waals surface area contributed by atoms with Gasteiger partial charge in [0.15, 0.2) is 0 Å². The standard InChI is InChI=1S/C31H31NOS/c1-21-7-6-15-32(21)16-14-25-18-24-17-22(12-13-29(24)33-25)28-19-31(28)26-9-3-2-8-23(26)20-34-30-11-5-4-10-27(30)31/h2-5,9-13,17-18,20-21,28H,6-8,14-16,19H2,1H3/t21-,28?,31-/m1/s1. The van der Waals surface area contributed by atoms with Crippen LogP contribution in [-0.2, 0) is 11.8 Å². The zero-order valence-electron chi connectivity index (χ0n) is 19.8. The van der Waals surface area contributed by atoms with E-state index >= 15 is 0 Å². The van der Waals surface area contributed by atoms with E-state index in [-0.39, 0.29) is 5.41 Å². The molecule has 1 aromatic heterocycles. The summed E-state index contributed by atoms with van der Waals surface area (Å²) in [4.78, 5) is 4.02. The van der Waals surface area contributed by atoms with E-state index < -0.39 is 0 Å². The van der Waals surface area contributed by atoms with Crippen LogP contribution < -0.4 is 0 Å². The van der Waals surface area contributed by atoms with Crippen LogP contribution in [0.15, 0.2) is 92.6 Å². The number of likely N-dealkylation sites (tertiary alicyclic amines) is 1. The minimum Gasteiger partial charge on any atom is -0.461 e. The fourth-order valence-corrected chi connectivity index (χ4v) is 7.66. The van der Waals surface area contributed by atoms with Crippen molar-refractivity contribution in [1.29, 1.82) is 0 Å². The van der Waals surface area contributed by atoms with Crippen molar-refractivity contribution in [2.24, 2.45) is 0 Å². The Bertz CT molecular complexity index is 1360. The smallest absolute Gasteiger partial charge is 0.134 e. The van der Waals surface area contributed by atoms with Crippen LogP contribution in [0.1, 0.15) is 55.4 Å². The third kappa shape index (κ3) is 3.28. The van der Waals surface area contributed by atoms with Crippen LogP contribution in [0.2, 0.25) is 0 Å². The van der Waals surface area contributed by atoms with Crippen molar-refractivity contribution < 1.29 is 4.42 Å². The lowest BCUT2D eigenvalue weighted by molar-refractivity contribution is 0.266. The average molecular weight is 466 g/mol. The molecule has 1 unspecified atom stereocenters. The normalized spacial score (nSPS) is 27.9. The van der Waals surface area contributed by atoms with Gasteiger partial charge in [-0.3, -0.25) is 0 Å². The summed E-state index contributed by atoms with van der Waals surface area (Å²) in [5, 5.41) is 3.65. The first kappa shape index (κ1) is 20.8. The SMILES string of the molecule is C[C@@H]1CCCN1CCc1cc2cc(C3C[C@]34C3=CC=CCC3=CSc3ccccc34)ccc2o1. The number of hydrogen-bond acceptors (Lipinski definition) is 3. The number of benzene rings is 2. The Morgan fingerprint density at radius 3 is 3.00 bits per heavy atom. The monoisotopic (exact) mass is 465 g/mol. The molecule has 0 radical (unpaired) electrons. The molecule has 2 aliphatic carbocycles. The molecular weight excluding hydrogens is 434 g/mol. The Hall–Kier alpha value is -2.49. The summed E-state index contributed by atoms with van der Waals surface area (Å²) < 4.78 is 6.26. The van der Waals surface area contributed by atoms with E-state index in [4.69, 9.17) is 4.42 Å². The Labute approximate surface area is 206 Å². The summed E-state index contributed by atoms with van der Waals surface area (Å²) in [6, 6.07) is 19.0. The minimum atomic E-state index is 0.100. The molecule has 1 saturated heterocycles. The van der Waals surface area contributed by atoms with Crippen molar-refractivity contribution >= 4 is 22.7 Å². The number of furan rings is 1. The van der Waals surface area contributed by atoms with Gasteiger partial charge in [0.2, 0.25) is 0 Å². The maximum absolute atomic E-state index is 6.26. The number of nitrogens with zero attached hydrogens (tertiary/aromatic N) is 1. The van der Waals surface area contributed by atoms with Crippen molar-refractivity contribution in [2.75, 3.05) is 13.1 Å². The lowest BCUT2D eigenvalue weighted by Gasteiger charge is -2.25. The van der Waals surface area contributed by atoms with E-state index in [2.05, 4.69) is 84.0 Å². The van der Waals surface area contributed by atoms with Gasteiger partial charge >= 0.3 is 0 Å². The zero-order valence-corrected chi connectivity index (χ0v) is 20.6. The van der Waals surface area contributed by atoms with E-state index in [1.54, 1.807) is 0 Å². The van der Waals surface area contributed by atoms with E-state index in [9.17, 15) is 0 Å². The van der Waals surface area contributed by atoms with Gasteiger partial charge < -0.3 is 9.32 Å². The molecule has 3 atom stereocenters. The second-order valence-corrected chi connectivity index (χ2v) is 11.4. The van der Waals surface area contributed by atoms with Gasteiger partial charge in [-0.1, -0.05) is 54.3 Å². The number of allylic oxidation sites excluding steroid dienone is 5. The maximum atomic E-state index is 6.26. The molecule has 34 heavy (non-hydrogen) atoms. The van der Waals surface area contributed by atoms with Gasteiger partial charge in [-0.25, -0.2) is 0 Å². The molecule has 0 bridgehead atoms. The largest absolute Gasteiger partial charge is 0.461 e. The molecule has 1 spiro atoms. The highest BCUT2D eigenvalue weighted by molar-refractivity contribution is 8.02. The topological polar surface area (TPSA) is 16.4 Å². The molecule has 4 aliphatic rings. The molecule has 0 amide bonds. The van der Waals surface area contributed by atoms with Gasteiger partial charge in [-0.15, -0.1) is 0 Å². The third-order valence-corrected chi connectivity index (χ3v) is 9.56. The lowest BCUT2D eigenvalue weighted by atomic mass is 9.78. The molecule has 0 N–H and O–H groups in total. The van der Waals surface area contributed by atoms with Crippen molar-refractivity contribution in [3.63, 3.8) is 0 Å². The Kier molecular flexibility index (Phi) is 4.93. The van der Waals surface area contributed by atoms with Gasteiger partial charge in [-0.05, 0) is 97.0 Å². The van der Waals surface area contributed by atoms with Gasteiger partial charge in [0.25, 0.3) is 0 Å². The number of thioether (sulfide) groups is 1. The summed E-state index contributed by atoms with van der Waals surface area (Å²) in [5.74, 6) is 1.64. The zero-order chi connectivity index (χ0) is 22.7. The van der Waals surface area contributed by atoms with Crippen LogP contribution in [0.4, 0.5) is 0 Å². The van der Waals surface area contributed by atoms with Crippen molar-refractivity contribution in [3.05, 3.63) is 100 Å². The first-order valence-corrected chi connectivity index (χ1v) is 13.7. The lowest BCUT2D eigenvalue weighted by Crippen LogP contribution is -2.28. The predicted molar refractivity (Wildman–Crippen MR) is 141 cm³/mol. The Morgan fingerprint density at radius 1 is 1.15 bits per heavy atom. The van der Waals surface area contributed by atoms with E-state index in [0.717, 1.165) is 30.7 Å². The van der Waals surface area contributed by atoms with Gasteiger partial charge in [0.05, 0.1) is 0 Å². The summed E-state index contributed by atoms with van der Waals surface area (Å²) >= 11 is 1.90. The van der Waals surface area contributed by atoms with E-state index in [1.165, 1.54) is 58.4 Å². The van der Waals surface area contributed by atoms with E-state index in [0.29, 0.717) is 12.0 Å². The van der Waals surface area contributed by atoms with Crippen molar-refractivity contribution in [2.45, 2.75) is 61.3 Å². The highest BCUT2D eigenvalue weighted by Crippen LogP contribution is 2.68. The van der Waals surface area contributed by atoms with Crippen molar-refractivity contribution in [3.8, 4) is 0 Å². The molecule has 3 heterocycles. The quantitative estimate of drug-likeness (QED) is 0.392. The summed E-state index contributed by atoms with van der Waals surface area (Å²) in [5.41, 5.74) is 7.11. The van der Waals surface area contributed by atoms with Gasteiger partial charge in [-0.2, -0.15) is 0 Å². The molecule has 2 fully saturated rings. The summed E-state index contributed by atoms with van der Waals surface area (Å²) in [6.45, 7) is 4.69. The average Bonchev–Trinajstić information content (AvgIpc) is 3.32. The third-order valence-electron chi connectivity index (χ3n) is 8.55. The molecule has 172 valence electrons. The fourth-order valence-electron chi connectivity index (χ4n) is 6.64. The second kappa shape index (κ2) is 8.03. The number of fused-ring (bicyclic) bond motifs is 5. The van der Waals surface area contributed by atoms with Crippen LogP contribution in [0.3, 0.4) is 0 Å². The summed E-state index contributed by atoms with van der Waals surface area (Å²) in [6.07, 6.45) is 12.8. The molecule has 1 saturated carbocycles. The first-order valence-electron chi connectivity index (χ1n) is 12.8. The van der Waals surface area contributed by atoms with Crippen LogP contribution in [0, 0.1) is 0 Å².